The molecule has 5 atom stereocenters. The van der Waals surface area contributed by atoms with Gasteiger partial charge in [0.05, 0.1) is 6.61 Å². The summed E-state index contributed by atoms with van der Waals surface area (Å²) in [5.41, 5.74) is 2.39. The van der Waals surface area contributed by atoms with Crippen LogP contribution in [0.25, 0.3) is 0 Å². The number of hydrogen-bond acceptors (Lipinski definition) is 7. The lowest BCUT2D eigenvalue weighted by Crippen LogP contribution is -2.65. The Balaban J connectivity index is 1.37. The molecule has 1 aromatic carbocycles. The average molecular weight is 456 g/mol. The minimum atomic E-state index is -0.338. The molecular weight excluding hydrogens is 422 g/mol. The first-order valence-corrected chi connectivity index (χ1v) is 12.1. The van der Waals surface area contributed by atoms with Crippen molar-refractivity contribution >= 4 is 11.9 Å². The summed E-state index contributed by atoms with van der Waals surface area (Å²) in [4.78, 5) is 25.1. The second-order valence-corrected chi connectivity index (χ2v) is 9.75. The highest BCUT2D eigenvalue weighted by Gasteiger charge is 2.64. The molecule has 0 N–H and O–H groups in total. The van der Waals surface area contributed by atoms with Crippen LogP contribution < -0.4 is 9.47 Å². The third-order valence-corrected chi connectivity index (χ3v) is 7.77. The van der Waals surface area contributed by atoms with Gasteiger partial charge in [-0.15, -0.1) is 0 Å². The minimum absolute atomic E-state index is 0.129. The van der Waals surface area contributed by atoms with E-state index >= 15 is 0 Å². The highest BCUT2D eigenvalue weighted by molar-refractivity contribution is 5.72. The van der Waals surface area contributed by atoms with E-state index in [1.54, 1.807) is 0 Å². The van der Waals surface area contributed by atoms with Crippen LogP contribution in [-0.4, -0.2) is 61.9 Å². The zero-order chi connectivity index (χ0) is 23.2. The molecule has 4 aliphatic rings. The number of ether oxygens (including phenoxy) is 4. The number of esters is 2. The fourth-order valence-electron chi connectivity index (χ4n) is 6.40. The van der Waals surface area contributed by atoms with E-state index in [-0.39, 0.29) is 29.6 Å². The third-order valence-electron chi connectivity index (χ3n) is 7.77. The second kappa shape index (κ2) is 8.76. The predicted molar refractivity (Wildman–Crippen MR) is 121 cm³/mol. The van der Waals surface area contributed by atoms with Crippen LogP contribution in [0.3, 0.4) is 0 Å². The Morgan fingerprint density at radius 1 is 1.12 bits per heavy atom. The maximum absolute atomic E-state index is 11.7. The van der Waals surface area contributed by atoms with E-state index in [9.17, 15) is 9.59 Å². The summed E-state index contributed by atoms with van der Waals surface area (Å²) in [6.45, 7) is 4.95. The largest absolute Gasteiger partial charge is 0.482 e. The summed E-state index contributed by atoms with van der Waals surface area (Å²) in [6.07, 6.45) is 8.89. The van der Waals surface area contributed by atoms with Crippen molar-refractivity contribution in [1.82, 2.24) is 4.90 Å². The van der Waals surface area contributed by atoms with Crippen molar-refractivity contribution in [2.24, 2.45) is 5.92 Å². The van der Waals surface area contributed by atoms with Crippen LogP contribution in [0.2, 0.25) is 0 Å². The van der Waals surface area contributed by atoms with E-state index in [4.69, 9.17) is 18.9 Å². The van der Waals surface area contributed by atoms with Gasteiger partial charge in [0.15, 0.2) is 11.5 Å². The summed E-state index contributed by atoms with van der Waals surface area (Å²) in [6, 6.07) is 4.43. The zero-order valence-electron chi connectivity index (χ0n) is 19.7. The Morgan fingerprint density at radius 2 is 1.94 bits per heavy atom. The lowest BCUT2D eigenvalue weighted by Gasteiger charge is -2.56. The number of piperidine rings is 1. The first-order valence-electron chi connectivity index (χ1n) is 12.1. The number of carbonyl (C=O) groups is 2. The summed E-state index contributed by atoms with van der Waals surface area (Å²) in [7, 11) is 2.22. The van der Waals surface area contributed by atoms with Gasteiger partial charge in [-0.3, -0.25) is 9.59 Å². The van der Waals surface area contributed by atoms with Crippen molar-refractivity contribution in [2.45, 2.75) is 69.6 Å². The average Bonchev–Trinajstić information content (AvgIpc) is 3.12. The Hall–Kier alpha value is -2.38. The summed E-state index contributed by atoms with van der Waals surface area (Å²) >= 11 is 0. The van der Waals surface area contributed by atoms with Gasteiger partial charge >= 0.3 is 11.9 Å². The fraction of sp³-hybridized carbons (Fsp3) is 0.615. The van der Waals surface area contributed by atoms with Crippen LogP contribution in [-0.2, 0) is 30.9 Å². The summed E-state index contributed by atoms with van der Waals surface area (Å²) < 4.78 is 23.6. The standard InChI is InChI=1S/C26H33NO6/c1-16(28)30-13-5-4-6-14-31-22-10-8-19-20-15-18-7-9-21(32-17(2)29)24-23(18)26(19,25(22)33-24)11-12-27(20)3/h7-10,19-20,22,25H,4-6,11-15H2,1-3H3/t19-,20+,22-,25-,26-/m0/s1. The van der Waals surface area contributed by atoms with Gasteiger partial charge in [0.25, 0.3) is 0 Å². The molecule has 2 aliphatic carbocycles. The Kier molecular flexibility index (Phi) is 5.95. The van der Waals surface area contributed by atoms with Gasteiger partial charge in [0.1, 0.15) is 12.2 Å². The molecule has 0 aromatic heterocycles. The second-order valence-electron chi connectivity index (χ2n) is 9.75. The molecule has 0 unspecified atom stereocenters. The number of unbranched alkanes of at least 4 members (excludes halogenated alkanes) is 2. The van der Waals surface area contributed by atoms with Gasteiger partial charge in [-0.2, -0.15) is 0 Å². The van der Waals surface area contributed by atoms with Crippen molar-refractivity contribution in [3.8, 4) is 11.5 Å². The van der Waals surface area contributed by atoms with Crippen molar-refractivity contribution in [2.75, 3.05) is 26.8 Å². The van der Waals surface area contributed by atoms with Crippen LogP contribution in [0.5, 0.6) is 11.5 Å². The minimum Gasteiger partial charge on any atom is -0.482 e. The molecule has 0 saturated carbocycles. The van der Waals surface area contributed by atoms with Crippen LogP contribution in [0, 0.1) is 5.92 Å². The maximum atomic E-state index is 11.7. The molecule has 5 rings (SSSR count). The van der Waals surface area contributed by atoms with E-state index in [0.29, 0.717) is 30.9 Å². The normalized spacial score (nSPS) is 31.0. The molecule has 0 radical (unpaired) electrons. The molecule has 2 bridgehead atoms. The molecule has 7 heteroatoms. The predicted octanol–water partition coefficient (Wildman–Crippen LogP) is 3.18. The molecule has 2 aliphatic heterocycles. The Morgan fingerprint density at radius 3 is 2.73 bits per heavy atom. The van der Waals surface area contributed by atoms with Crippen molar-refractivity contribution in [1.29, 1.82) is 0 Å². The number of likely N-dealkylation sites (N-methyl/N-ethyl adjacent to an activating group) is 1. The topological polar surface area (TPSA) is 74.3 Å². The molecule has 33 heavy (non-hydrogen) atoms. The van der Waals surface area contributed by atoms with Crippen LogP contribution in [0.15, 0.2) is 24.3 Å². The van der Waals surface area contributed by atoms with Gasteiger partial charge in [0.2, 0.25) is 0 Å². The number of benzene rings is 1. The number of likely N-dealkylation sites (tertiary alicyclic amines) is 1. The third kappa shape index (κ3) is 3.75. The van der Waals surface area contributed by atoms with Gasteiger partial charge in [-0.1, -0.05) is 18.2 Å². The number of rotatable bonds is 8. The lowest BCUT2D eigenvalue weighted by atomic mass is 9.53. The lowest BCUT2D eigenvalue weighted by molar-refractivity contribution is -0.141. The maximum Gasteiger partial charge on any atom is 0.308 e. The number of carbonyl (C=O) groups excluding carboxylic acids is 2. The molecule has 1 saturated heterocycles. The van der Waals surface area contributed by atoms with Crippen molar-refractivity contribution < 1.29 is 28.5 Å². The molecular formula is C26H33NO6. The number of hydrogen-bond donors (Lipinski definition) is 0. The van der Waals surface area contributed by atoms with Gasteiger partial charge < -0.3 is 23.8 Å². The SMILES string of the molecule is CC(=O)OCCCCCO[C@H]1C=C[C@H]2[C@H]3Cc4ccc(OC(C)=O)c5c4[C@@]2(CCN3C)[C@H]1O5. The monoisotopic (exact) mass is 455 g/mol. The molecule has 7 nitrogen and oxygen atoms in total. The van der Waals surface area contributed by atoms with Gasteiger partial charge in [-0.05, 0) is 57.3 Å². The van der Waals surface area contributed by atoms with Gasteiger partial charge in [-0.25, -0.2) is 0 Å². The van der Waals surface area contributed by atoms with E-state index in [1.165, 1.54) is 25.0 Å². The number of nitrogens with zero attached hydrogens (tertiary/aromatic N) is 1. The van der Waals surface area contributed by atoms with Crippen molar-refractivity contribution in [3.63, 3.8) is 0 Å². The molecule has 0 amide bonds. The Bertz CT molecular complexity index is 974. The van der Waals surface area contributed by atoms with E-state index < -0.39 is 0 Å². The van der Waals surface area contributed by atoms with Gasteiger partial charge in [0, 0.05) is 43.4 Å². The molecule has 2 heterocycles. The highest BCUT2D eigenvalue weighted by atomic mass is 16.6. The van der Waals surface area contributed by atoms with Crippen LogP contribution >= 0.6 is 0 Å². The first-order chi connectivity index (χ1) is 15.9. The van der Waals surface area contributed by atoms with E-state index in [2.05, 4.69) is 30.2 Å². The van der Waals surface area contributed by atoms with E-state index in [0.717, 1.165) is 44.4 Å². The van der Waals surface area contributed by atoms with E-state index in [1.807, 2.05) is 6.07 Å². The quantitative estimate of drug-likeness (QED) is 0.258. The molecule has 178 valence electrons. The fourth-order valence-corrected chi connectivity index (χ4v) is 6.40. The Labute approximate surface area is 195 Å². The highest BCUT2D eigenvalue weighted by Crippen LogP contribution is 2.62. The van der Waals surface area contributed by atoms with Crippen LogP contribution in [0.4, 0.5) is 0 Å². The first kappa shape index (κ1) is 22.4. The van der Waals surface area contributed by atoms with Crippen LogP contribution in [0.1, 0.15) is 50.7 Å². The molecule has 1 fully saturated rings. The zero-order valence-corrected chi connectivity index (χ0v) is 19.7. The molecule has 1 aromatic rings. The van der Waals surface area contributed by atoms with Crippen molar-refractivity contribution in [3.05, 3.63) is 35.4 Å². The summed E-state index contributed by atoms with van der Waals surface area (Å²) in [5, 5.41) is 0. The smallest absolute Gasteiger partial charge is 0.308 e. The summed E-state index contributed by atoms with van der Waals surface area (Å²) in [5.74, 6) is 1.04. The molecule has 1 spiro atoms.